The largest absolute Gasteiger partial charge is 0.488 e. The normalized spacial score (nSPS) is 25.6. The maximum Gasteiger partial charge on any atom is 0.138 e. The van der Waals surface area contributed by atoms with Gasteiger partial charge < -0.3 is 4.74 Å². The summed E-state index contributed by atoms with van der Waals surface area (Å²) in [6.45, 7) is 6.54. The van der Waals surface area contributed by atoms with Gasteiger partial charge in [-0.15, -0.1) is 0 Å². The van der Waals surface area contributed by atoms with Crippen LogP contribution < -0.4 is 4.74 Å². The number of hydrogen-bond donors (Lipinski definition) is 0. The fraction of sp³-hybridized carbons (Fsp3) is 0.600. The van der Waals surface area contributed by atoms with E-state index in [1.54, 1.807) is 0 Å². The van der Waals surface area contributed by atoms with Crippen molar-refractivity contribution in [3.63, 3.8) is 0 Å². The number of aryl methyl sites for hydroxylation is 1. The van der Waals surface area contributed by atoms with Gasteiger partial charge in [0.15, 0.2) is 0 Å². The Balaban J connectivity index is 2.17. The average molecular weight is 332 g/mol. The van der Waals surface area contributed by atoms with Gasteiger partial charge in [-0.05, 0) is 43.9 Å². The van der Waals surface area contributed by atoms with Gasteiger partial charge in [0.05, 0.1) is 5.02 Å². The summed E-state index contributed by atoms with van der Waals surface area (Å²) in [5.41, 5.74) is 1.44. The van der Waals surface area contributed by atoms with Crippen LogP contribution in [-0.2, 0) is 0 Å². The molecule has 0 heterocycles. The first-order valence-electron chi connectivity index (χ1n) is 6.60. The zero-order valence-corrected chi connectivity index (χ0v) is 13.5. The molecule has 0 aliphatic heterocycles. The van der Waals surface area contributed by atoms with E-state index in [4.69, 9.17) is 16.3 Å². The molecule has 0 radical (unpaired) electrons. The Labute approximate surface area is 123 Å². The Morgan fingerprint density at radius 1 is 1.39 bits per heavy atom. The van der Waals surface area contributed by atoms with Crippen molar-refractivity contribution < 1.29 is 4.74 Å². The third-order valence-electron chi connectivity index (χ3n) is 4.36. The lowest BCUT2D eigenvalue weighted by molar-refractivity contribution is -0.0410. The lowest BCUT2D eigenvalue weighted by Gasteiger charge is -2.52. The van der Waals surface area contributed by atoms with Gasteiger partial charge in [-0.1, -0.05) is 47.4 Å². The first kappa shape index (κ1) is 14.2. The minimum absolute atomic E-state index is 0.257. The third kappa shape index (κ3) is 2.30. The van der Waals surface area contributed by atoms with E-state index in [1.165, 1.54) is 5.56 Å². The van der Waals surface area contributed by atoms with Crippen LogP contribution >= 0.6 is 27.5 Å². The minimum atomic E-state index is 0.257. The monoisotopic (exact) mass is 330 g/mol. The standard InChI is InChI=1S/C15H20BrClO/c1-4-15(5-2)13(16)9-14(15)18-12-8-10(3)6-7-11(12)17/h6-8,13-14H,4-5,9H2,1-3H3. The molecular weight excluding hydrogens is 312 g/mol. The summed E-state index contributed by atoms with van der Waals surface area (Å²) >= 11 is 9.98. The summed E-state index contributed by atoms with van der Waals surface area (Å²) in [6, 6.07) is 5.95. The predicted octanol–water partition coefficient (Wildman–Crippen LogP) is 5.37. The summed E-state index contributed by atoms with van der Waals surface area (Å²) in [5, 5.41) is 0.708. The van der Waals surface area contributed by atoms with Crippen LogP contribution in [0.3, 0.4) is 0 Å². The summed E-state index contributed by atoms with van der Waals surface area (Å²) in [5.74, 6) is 0.826. The smallest absolute Gasteiger partial charge is 0.138 e. The van der Waals surface area contributed by atoms with Gasteiger partial charge in [0, 0.05) is 10.2 Å². The van der Waals surface area contributed by atoms with Gasteiger partial charge in [0.2, 0.25) is 0 Å². The van der Waals surface area contributed by atoms with Gasteiger partial charge in [0.25, 0.3) is 0 Å². The number of halogens is 2. The molecule has 1 nitrogen and oxygen atoms in total. The summed E-state index contributed by atoms with van der Waals surface area (Å²) in [7, 11) is 0. The predicted molar refractivity (Wildman–Crippen MR) is 81.0 cm³/mol. The zero-order chi connectivity index (χ0) is 13.3. The third-order valence-corrected chi connectivity index (χ3v) is 5.96. The lowest BCUT2D eigenvalue weighted by atomic mass is 9.62. The van der Waals surface area contributed by atoms with Crippen LogP contribution in [0.4, 0.5) is 0 Å². The van der Waals surface area contributed by atoms with Crippen molar-refractivity contribution in [1.29, 1.82) is 0 Å². The number of ether oxygens (including phenoxy) is 1. The molecule has 0 spiro atoms. The summed E-state index contributed by atoms with van der Waals surface area (Å²) in [4.78, 5) is 0.564. The molecule has 18 heavy (non-hydrogen) atoms. The first-order chi connectivity index (χ1) is 8.53. The fourth-order valence-corrected chi connectivity index (χ4v) is 4.31. The van der Waals surface area contributed by atoms with Crippen molar-refractivity contribution in [2.75, 3.05) is 0 Å². The molecule has 0 aromatic heterocycles. The zero-order valence-electron chi connectivity index (χ0n) is 11.2. The quantitative estimate of drug-likeness (QED) is 0.674. The van der Waals surface area contributed by atoms with Crippen LogP contribution in [0.5, 0.6) is 5.75 Å². The van der Waals surface area contributed by atoms with Crippen molar-refractivity contribution in [3.8, 4) is 5.75 Å². The number of rotatable bonds is 4. The Bertz CT molecular complexity index is 429. The number of benzene rings is 1. The Kier molecular flexibility index (Phi) is 4.28. The Morgan fingerprint density at radius 3 is 2.61 bits per heavy atom. The molecule has 2 atom stereocenters. The molecule has 0 N–H and O–H groups in total. The van der Waals surface area contributed by atoms with Gasteiger partial charge in [0.1, 0.15) is 11.9 Å². The van der Waals surface area contributed by atoms with Crippen LogP contribution in [0.1, 0.15) is 38.7 Å². The average Bonchev–Trinajstić information content (AvgIpc) is 2.35. The highest BCUT2D eigenvalue weighted by atomic mass is 79.9. The highest BCUT2D eigenvalue weighted by Crippen LogP contribution is 2.53. The molecule has 1 saturated carbocycles. The molecule has 0 amide bonds. The van der Waals surface area contributed by atoms with E-state index in [0.29, 0.717) is 9.85 Å². The van der Waals surface area contributed by atoms with E-state index in [9.17, 15) is 0 Å². The second kappa shape index (κ2) is 5.42. The SMILES string of the molecule is CCC1(CC)C(Br)CC1Oc1cc(C)ccc1Cl. The number of alkyl halides is 1. The molecule has 100 valence electrons. The molecule has 2 unspecified atom stereocenters. The van der Waals surface area contributed by atoms with Gasteiger partial charge in [-0.2, -0.15) is 0 Å². The maximum absolute atomic E-state index is 6.20. The molecule has 0 bridgehead atoms. The van der Waals surface area contributed by atoms with E-state index in [-0.39, 0.29) is 11.5 Å². The van der Waals surface area contributed by atoms with Crippen LogP contribution in [0.15, 0.2) is 18.2 Å². The minimum Gasteiger partial charge on any atom is -0.488 e. The Hall–Kier alpha value is -0.210. The molecule has 1 aromatic rings. The van der Waals surface area contributed by atoms with Crippen LogP contribution in [0.2, 0.25) is 5.02 Å². The van der Waals surface area contributed by atoms with E-state index in [0.717, 1.165) is 25.0 Å². The van der Waals surface area contributed by atoms with Crippen LogP contribution in [0.25, 0.3) is 0 Å². The van der Waals surface area contributed by atoms with Crippen molar-refractivity contribution in [2.24, 2.45) is 5.41 Å². The molecule has 1 fully saturated rings. The summed E-state index contributed by atoms with van der Waals surface area (Å²) in [6.07, 6.45) is 3.60. The van der Waals surface area contributed by atoms with Crippen molar-refractivity contribution in [3.05, 3.63) is 28.8 Å². The second-order valence-electron chi connectivity index (χ2n) is 5.18. The van der Waals surface area contributed by atoms with E-state index in [2.05, 4.69) is 36.7 Å². The van der Waals surface area contributed by atoms with Gasteiger partial charge in [-0.3, -0.25) is 0 Å². The summed E-state index contributed by atoms with van der Waals surface area (Å²) < 4.78 is 6.17. The van der Waals surface area contributed by atoms with Crippen LogP contribution in [-0.4, -0.2) is 10.9 Å². The fourth-order valence-electron chi connectivity index (χ4n) is 2.87. The van der Waals surface area contributed by atoms with Crippen LogP contribution in [0, 0.1) is 12.3 Å². The topological polar surface area (TPSA) is 9.23 Å². The molecule has 1 aromatic carbocycles. The maximum atomic E-state index is 6.20. The van der Waals surface area contributed by atoms with E-state index in [1.807, 2.05) is 18.2 Å². The molecule has 3 heteroatoms. The Morgan fingerprint density at radius 2 is 2.06 bits per heavy atom. The molecule has 1 aliphatic carbocycles. The van der Waals surface area contributed by atoms with Gasteiger partial charge in [-0.25, -0.2) is 0 Å². The molecule has 2 rings (SSSR count). The van der Waals surface area contributed by atoms with Crippen molar-refractivity contribution in [2.45, 2.75) is 51.0 Å². The van der Waals surface area contributed by atoms with Crippen molar-refractivity contribution in [1.82, 2.24) is 0 Å². The first-order valence-corrected chi connectivity index (χ1v) is 7.89. The number of hydrogen-bond acceptors (Lipinski definition) is 1. The lowest BCUT2D eigenvalue weighted by Crippen LogP contribution is -2.56. The molecular formula is C15H20BrClO. The molecule has 1 aliphatic rings. The van der Waals surface area contributed by atoms with Gasteiger partial charge >= 0.3 is 0 Å². The molecule has 0 saturated heterocycles. The second-order valence-corrected chi connectivity index (χ2v) is 6.70. The highest BCUT2D eigenvalue weighted by Gasteiger charge is 2.53. The van der Waals surface area contributed by atoms with E-state index >= 15 is 0 Å². The van der Waals surface area contributed by atoms with E-state index < -0.39 is 0 Å². The highest BCUT2D eigenvalue weighted by molar-refractivity contribution is 9.09. The van der Waals surface area contributed by atoms with Crippen molar-refractivity contribution >= 4 is 27.5 Å².